The molecule has 1 amide bonds. The summed E-state index contributed by atoms with van der Waals surface area (Å²) in [5, 5.41) is 11.5. The van der Waals surface area contributed by atoms with Gasteiger partial charge in [-0.15, -0.1) is 0 Å². The lowest BCUT2D eigenvalue weighted by Crippen LogP contribution is -2.54. The van der Waals surface area contributed by atoms with E-state index in [1.807, 2.05) is 32.9 Å². The third-order valence-electron chi connectivity index (χ3n) is 4.26. The summed E-state index contributed by atoms with van der Waals surface area (Å²) in [7, 11) is 0. The van der Waals surface area contributed by atoms with Crippen molar-refractivity contribution in [2.75, 3.05) is 32.9 Å². The highest BCUT2D eigenvalue weighted by Crippen LogP contribution is 2.28. The molecule has 0 bridgehead atoms. The van der Waals surface area contributed by atoms with Crippen molar-refractivity contribution >= 4 is 17.5 Å². The lowest BCUT2D eigenvalue weighted by molar-refractivity contribution is -0.144. The molecule has 0 radical (unpaired) electrons. The molecule has 5 nitrogen and oxygen atoms in total. The first kappa shape index (κ1) is 19.0. The number of likely N-dealkylation sites (tertiary alicyclic amines) is 1. The highest BCUT2D eigenvalue weighted by atomic mass is 35.5. The summed E-state index contributed by atoms with van der Waals surface area (Å²) in [6.45, 7) is 7.32. The van der Waals surface area contributed by atoms with Gasteiger partial charge < -0.3 is 19.5 Å². The molecule has 1 unspecified atom stereocenters. The van der Waals surface area contributed by atoms with Gasteiger partial charge in [-0.3, -0.25) is 4.79 Å². The number of aryl methyl sites for hydroxylation is 2. The van der Waals surface area contributed by atoms with E-state index < -0.39 is 5.60 Å². The van der Waals surface area contributed by atoms with Crippen LogP contribution in [0.25, 0.3) is 0 Å². The molecule has 24 heavy (non-hydrogen) atoms. The number of nitrogens with zero attached hydrogens (tertiary/aromatic N) is 1. The Labute approximate surface area is 148 Å². The average molecular weight is 356 g/mol. The normalized spacial score (nSPS) is 21.0. The molecule has 1 aromatic carbocycles. The Morgan fingerprint density at radius 2 is 2.04 bits per heavy atom. The Kier molecular flexibility index (Phi) is 6.49. The van der Waals surface area contributed by atoms with Crippen LogP contribution in [0.1, 0.15) is 30.9 Å². The van der Waals surface area contributed by atoms with E-state index in [0.717, 1.165) is 22.6 Å². The van der Waals surface area contributed by atoms with Crippen molar-refractivity contribution < 1.29 is 19.4 Å². The van der Waals surface area contributed by atoms with E-state index in [4.69, 9.17) is 21.1 Å². The van der Waals surface area contributed by atoms with Gasteiger partial charge in [0.25, 0.3) is 0 Å². The van der Waals surface area contributed by atoms with Gasteiger partial charge in [0.15, 0.2) is 0 Å². The number of hydrogen-bond acceptors (Lipinski definition) is 4. The molecule has 0 aliphatic carbocycles. The van der Waals surface area contributed by atoms with Crippen molar-refractivity contribution in [3.8, 4) is 5.75 Å². The average Bonchev–Trinajstić information content (AvgIpc) is 2.55. The number of aliphatic hydroxyl groups is 1. The first-order valence-corrected chi connectivity index (χ1v) is 8.70. The second kappa shape index (κ2) is 8.19. The SMILES string of the molecule is CCOCC(=O)N1CCCC(O)(COc2cc(C)c(Cl)c(C)c2)C1. The molecule has 1 atom stereocenters. The van der Waals surface area contributed by atoms with Crippen molar-refractivity contribution in [3.63, 3.8) is 0 Å². The molecule has 6 heteroatoms. The fourth-order valence-electron chi connectivity index (χ4n) is 2.93. The van der Waals surface area contributed by atoms with Gasteiger partial charge in [-0.2, -0.15) is 0 Å². The number of halogens is 1. The van der Waals surface area contributed by atoms with E-state index in [-0.39, 0.29) is 25.7 Å². The van der Waals surface area contributed by atoms with Crippen molar-refractivity contribution in [1.82, 2.24) is 4.90 Å². The molecular weight excluding hydrogens is 330 g/mol. The van der Waals surface area contributed by atoms with Crippen LogP contribution in [0.15, 0.2) is 12.1 Å². The first-order chi connectivity index (χ1) is 11.3. The predicted molar refractivity (Wildman–Crippen MR) is 93.7 cm³/mol. The number of carbonyl (C=O) groups is 1. The van der Waals surface area contributed by atoms with E-state index >= 15 is 0 Å². The second-order valence-corrected chi connectivity index (χ2v) is 6.82. The number of ether oxygens (including phenoxy) is 2. The molecule has 1 saturated heterocycles. The van der Waals surface area contributed by atoms with Gasteiger partial charge in [0, 0.05) is 18.2 Å². The van der Waals surface area contributed by atoms with Crippen LogP contribution in [0.3, 0.4) is 0 Å². The smallest absolute Gasteiger partial charge is 0.248 e. The van der Waals surface area contributed by atoms with Crippen LogP contribution < -0.4 is 4.74 Å². The van der Waals surface area contributed by atoms with Crippen molar-refractivity contribution in [1.29, 1.82) is 0 Å². The number of piperidine rings is 1. The maximum Gasteiger partial charge on any atom is 0.248 e. The fourth-order valence-corrected chi connectivity index (χ4v) is 3.04. The van der Waals surface area contributed by atoms with Gasteiger partial charge in [0.05, 0.1) is 6.54 Å². The van der Waals surface area contributed by atoms with Crippen LogP contribution in [0.5, 0.6) is 5.75 Å². The third-order valence-corrected chi connectivity index (χ3v) is 4.85. The summed E-state index contributed by atoms with van der Waals surface area (Å²) in [5.41, 5.74) is 0.841. The van der Waals surface area contributed by atoms with Gasteiger partial charge in [0.2, 0.25) is 5.91 Å². The topological polar surface area (TPSA) is 59.0 Å². The lowest BCUT2D eigenvalue weighted by Gasteiger charge is -2.38. The monoisotopic (exact) mass is 355 g/mol. The van der Waals surface area contributed by atoms with E-state index in [1.54, 1.807) is 4.90 Å². The van der Waals surface area contributed by atoms with Gasteiger partial charge in [-0.1, -0.05) is 11.6 Å². The van der Waals surface area contributed by atoms with Crippen LogP contribution >= 0.6 is 11.6 Å². The molecular formula is C18H26ClNO4. The second-order valence-electron chi connectivity index (χ2n) is 6.44. The maximum atomic E-state index is 12.1. The Morgan fingerprint density at radius 1 is 1.38 bits per heavy atom. The quantitative estimate of drug-likeness (QED) is 0.852. The van der Waals surface area contributed by atoms with E-state index in [9.17, 15) is 9.90 Å². The number of amides is 1. The summed E-state index contributed by atoms with van der Waals surface area (Å²) in [6, 6.07) is 3.72. The van der Waals surface area contributed by atoms with Gasteiger partial charge >= 0.3 is 0 Å². The van der Waals surface area contributed by atoms with Crippen LogP contribution in [0.4, 0.5) is 0 Å². The minimum atomic E-state index is -1.04. The Balaban J connectivity index is 1.96. The molecule has 1 aromatic rings. The van der Waals surface area contributed by atoms with Crippen LogP contribution in [-0.2, 0) is 9.53 Å². The largest absolute Gasteiger partial charge is 0.491 e. The van der Waals surface area contributed by atoms with Crippen LogP contribution in [-0.4, -0.2) is 54.4 Å². The van der Waals surface area contributed by atoms with Crippen molar-refractivity contribution in [3.05, 3.63) is 28.3 Å². The van der Waals surface area contributed by atoms with Crippen LogP contribution in [0.2, 0.25) is 5.02 Å². The number of β-amino-alcohol motifs (C(OH)–C–C–N with tert-alkyl or cyclic N) is 1. The molecule has 1 aliphatic heterocycles. The highest BCUT2D eigenvalue weighted by molar-refractivity contribution is 6.32. The van der Waals surface area contributed by atoms with Gasteiger partial charge in [-0.05, 0) is 56.9 Å². The molecule has 1 heterocycles. The Bertz CT molecular complexity index is 569. The number of hydrogen-bond donors (Lipinski definition) is 1. The molecule has 0 saturated carbocycles. The summed E-state index contributed by atoms with van der Waals surface area (Å²) >= 11 is 6.16. The molecule has 1 N–H and O–H groups in total. The van der Waals surface area contributed by atoms with Crippen molar-refractivity contribution in [2.45, 2.75) is 39.2 Å². The number of benzene rings is 1. The summed E-state index contributed by atoms with van der Waals surface area (Å²) in [6.07, 6.45) is 1.35. The van der Waals surface area contributed by atoms with E-state index in [1.165, 1.54) is 0 Å². The predicted octanol–water partition coefficient (Wildman–Crippen LogP) is 2.73. The van der Waals surface area contributed by atoms with Gasteiger partial charge in [-0.25, -0.2) is 0 Å². The van der Waals surface area contributed by atoms with Gasteiger partial charge in [0.1, 0.15) is 24.6 Å². The zero-order chi connectivity index (χ0) is 17.7. The third kappa shape index (κ3) is 4.85. The number of carbonyl (C=O) groups excluding carboxylic acids is 1. The highest BCUT2D eigenvalue weighted by Gasteiger charge is 2.36. The Hall–Kier alpha value is -1.30. The summed E-state index contributed by atoms with van der Waals surface area (Å²) < 4.78 is 11.0. The molecule has 134 valence electrons. The maximum absolute atomic E-state index is 12.1. The number of rotatable bonds is 6. The minimum Gasteiger partial charge on any atom is -0.491 e. The molecule has 1 fully saturated rings. The first-order valence-electron chi connectivity index (χ1n) is 8.32. The van der Waals surface area contributed by atoms with Crippen LogP contribution in [0, 0.1) is 13.8 Å². The summed E-state index contributed by atoms with van der Waals surface area (Å²) in [4.78, 5) is 13.7. The zero-order valence-electron chi connectivity index (χ0n) is 14.6. The fraction of sp³-hybridized carbons (Fsp3) is 0.611. The van der Waals surface area contributed by atoms with Crippen molar-refractivity contribution in [2.24, 2.45) is 0 Å². The standard InChI is InChI=1S/C18H26ClNO4/c1-4-23-10-16(21)20-7-5-6-18(22,11-20)12-24-15-8-13(2)17(19)14(3)9-15/h8-9,22H,4-7,10-12H2,1-3H3. The molecule has 1 aliphatic rings. The van der Waals surface area contributed by atoms with E-state index in [0.29, 0.717) is 25.3 Å². The zero-order valence-corrected chi connectivity index (χ0v) is 15.4. The molecule has 0 aromatic heterocycles. The molecule has 0 spiro atoms. The van der Waals surface area contributed by atoms with E-state index in [2.05, 4.69) is 0 Å². The minimum absolute atomic E-state index is 0.0585. The Morgan fingerprint density at radius 3 is 2.67 bits per heavy atom. The lowest BCUT2D eigenvalue weighted by atomic mass is 9.93. The summed E-state index contributed by atoms with van der Waals surface area (Å²) in [5.74, 6) is 0.591. The molecule has 2 rings (SSSR count).